The lowest BCUT2D eigenvalue weighted by Gasteiger charge is -2.04. The van der Waals surface area contributed by atoms with E-state index in [0.29, 0.717) is 17.8 Å². The molecule has 0 saturated heterocycles. The van der Waals surface area contributed by atoms with E-state index in [1.165, 1.54) is 0 Å². The summed E-state index contributed by atoms with van der Waals surface area (Å²) in [6.45, 7) is 0. The minimum absolute atomic E-state index is 0.596. The molecule has 0 N–H and O–H groups in total. The number of isocyanates is 2. The number of hydrogen-bond acceptors (Lipinski definition) is 4. The summed E-state index contributed by atoms with van der Waals surface area (Å²) in [6, 6.07) is 11.1. The molecule has 0 atom stereocenters. The minimum Gasteiger partial charge on any atom is -0.211 e. The lowest BCUT2D eigenvalue weighted by molar-refractivity contribution is 0.564. The first-order valence-electron chi connectivity index (χ1n) is 5.75. The molecule has 90 valence electrons. The van der Waals surface area contributed by atoms with E-state index in [1.807, 2.05) is 24.3 Å². The Balaban J connectivity index is 2.31. The van der Waals surface area contributed by atoms with E-state index in [9.17, 15) is 9.59 Å². The Morgan fingerprint density at radius 2 is 1.58 bits per heavy atom. The summed E-state index contributed by atoms with van der Waals surface area (Å²) in [5.74, 6) is 0. The van der Waals surface area contributed by atoms with E-state index in [2.05, 4.69) is 9.98 Å². The first-order valence-corrected chi connectivity index (χ1v) is 5.75. The van der Waals surface area contributed by atoms with Gasteiger partial charge in [-0.25, -0.2) is 9.59 Å². The van der Waals surface area contributed by atoms with Crippen LogP contribution in [0.2, 0.25) is 0 Å². The van der Waals surface area contributed by atoms with Gasteiger partial charge in [-0.1, -0.05) is 24.3 Å². The van der Waals surface area contributed by atoms with Gasteiger partial charge in [0.2, 0.25) is 12.2 Å². The van der Waals surface area contributed by atoms with Gasteiger partial charge >= 0.3 is 0 Å². The van der Waals surface area contributed by atoms with Crippen molar-refractivity contribution in [1.82, 2.24) is 0 Å². The van der Waals surface area contributed by atoms with Gasteiger partial charge in [-0.15, -0.1) is 0 Å². The average Bonchev–Trinajstić information content (AvgIpc) is 2.80. The highest BCUT2D eigenvalue weighted by Gasteiger charge is 2.23. The summed E-state index contributed by atoms with van der Waals surface area (Å²) in [4.78, 5) is 28.4. The molecule has 0 aliphatic heterocycles. The molecule has 0 fully saturated rings. The molecule has 0 aromatic heterocycles. The topological polar surface area (TPSA) is 58.9 Å². The monoisotopic (exact) mass is 248 g/mol. The predicted molar refractivity (Wildman–Crippen MR) is 70.2 cm³/mol. The van der Waals surface area contributed by atoms with Crippen LogP contribution in [0.5, 0.6) is 0 Å². The molecular weight excluding hydrogens is 240 g/mol. The fraction of sp³-hybridized carbons (Fsp3) is 0.0667. The van der Waals surface area contributed by atoms with Crippen LogP contribution in [0.3, 0.4) is 0 Å². The minimum atomic E-state index is 0.596. The van der Waals surface area contributed by atoms with E-state index >= 15 is 0 Å². The number of nitrogens with zero attached hydrogens (tertiary/aromatic N) is 2. The van der Waals surface area contributed by atoms with Gasteiger partial charge in [0.25, 0.3) is 0 Å². The van der Waals surface area contributed by atoms with Gasteiger partial charge < -0.3 is 0 Å². The van der Waals surface area contributed by atoms with Crippen LogP contribution in [0.25, 0.3) is 11.1 Å². The Kier molecular flexibility index (Phi) is 2.66. The molecule has 4 nitrogen and oxygen atoms in total. The zero-order valence-electron chi connectivity index (χ0n) is 9.88. The highest BCUT2D eigenvalue weighted by atomic mass is 16.1. The van der Waals surface area contributed by atoms with Crippen LogP contribution in [0.4, 0.5) is 11.4 Å². The van der Waals surface area contributed by atoms with Crippen molar-refractivity contribution in [1.29, 1.82) is 0 Å². The zero-order chi connectivity index (χ0) is 13.2. The third kappa shape index (κ3) is 1.72. The molecule has 0 spiro atoms. The van der Waals surface area contributed by atoms with Gasteiger partial charge in [0, 0.05) is 12.0 Å². The van der Waals surface area contributed by atoms with Gasteiger partial charge in [0.05, 0.1) is 11.4 Å². The highest BCUT2D eigenvalue weighted by molar-refractivity contribution is 5.89. The molecule has 2 aromatic carbocycles. The van der Waals surface area contributed by atoms with E-state index < -0.39 is 0 Å². The van der Waals surface area contributed by atoms with Crippen LogP contribution < -0.4 is 0 Å². The Hall–Kier alpha value is -2.80. The second-order valence-electron chi connectivity index (χ2n) is 4.20. The number of rotatable bonds is 2. The standard InChI is InChI=1S/C15H8N2O2/c18-8-16-13-5-2-4-11-12(13)7-10-3-1-6-14(15(10)11)17-9-19/h1-6H,7H2. The Bertz CT molecular complexity index is 768. The van der Waals surface area contributed by atoms with Crippen molar-refractivity contribution in [3.8, 4) is 11.1 Å². The van der Waals surface area contributed by atoms with Crippen LogP contribution in [-0.4, -0.2) is 12.2 Å². The largest absolute Gasteiger partial charge is 0.240 e. The van der Waals surface area contributed by atoms with E-state index in [1.54, 1.807) is 24.3 Å². The van der Waals surface area contributed by atoms with Gasteiger partial charge in [-0.2, -0.15) is 9.98 Å². The summed E-state index contributed by atoms with van der Waals surface area (Å²) in [6.07, 6.45) is 3.82. The van der Waals surface area contributed by atoms with E-state index in [4.69, 9.17) is 0 Å². The second-order valence-corrected chi connectivity index (χ2v) is 4.20. The number of hydrogen-bond donors (Lipinski definition) is 0. The van der Waals surface area contributed by atoms with Crippen molar-refractivity contribution in [3.63, 3.8) is 0 Å². The lowest BCUT2D eigenvalue weighted by Crippen LogP contribution is -1.80. The molecule has 0 saturated carbocycles. The van der Waals surface area contributed by atoms with Crippen LogP contribution >= 0.6 is 0 Å². The molecule has 0 radical (unpaired) electrons. The van der Waals surface area contributed by atoms with Crippen molar-refractivity contribution in [2.24, 2.45) is 9.98 Å². The molecule has 0 unspecified atom stereocenters. The molecule has 2 aromatic rings. The first kappa shape index (κ1) is 11.3. The normalized spacial score (nSPS) is 10.9. The fourth-order valence-corrected chi connectivity index (χ4v) is 2.53. The zero-order valence-corrected chi connectivity index (χ0v) is 9.88. The van der Waals surface area contributed by atoms with E-state index in [-0.39, 0.29) is 0 Å². The average molecular weight is 248 g/mol. The maximum absolute atomic E-state index is 10.5. The maximum Gasteiger partial charge on any atom is 0.240 e. The van der Waals surface area contributed by atoms with Crippen molar-refractivity contribution in [3.05, 3.63) is 47.5 Å². The molecular formula is C15H8N2O2. The molecule has 3 rings (SSSR count). The van der Waals surface area contributed by atoms with Gasteiger partial charge in [0.1, 0.15) is 0 Å². The highest BCUT2D eigenvalue weighted by Crippen LogP contribution is 2.45. The Morgan fingerprint density at radius 1 is 0.895 bits per heavy atom. The molecule has 19 heavy (non-hydrogen) atoms. The number of fused-ring (bicyclic) bond motifs is 3. The Labute approximate surface area is 109 Å². The van der Waals surface area contributed by atoms with Crippen molar-refractivity contribution < 1.29 is 9.59 Å². The number of benzene rings is 2. The van der Waals surface area contributed by atoms with E-state index in [0.717, 1.165) is 22.3 Å². The van der Waals surface area contributed by atoms with Crippen molar-refractivity contribution >= 4 is 23.5 Å². The van der Waals surface area contributed by atoms with Crippen molar-refractivity contribution in [2.45, 2.75) is 6.42 Å². The van der Waals surface area contributed by atoms with Gasteiger partial charge in [-0.3, -0.25) is 0 Å². The molecule has 0 bridgehead atoms. The quantitative estimate of drug-likeness (QED) is 0.516. The molecule has 0 heterocycles. The van der Waals surface area contributed by atoms with Gasteiger partial charge in [-0.05, 0) is 28.8 Å². The smallest absolute Gasteiger partial charge is 0.211 e. The molecule has 4 heteroatoms. The van der Waals surface area contributed by atoms with Crippen LogP contribution in [-0.2, 0) is 16.0 Å². The SMILES string of the molecule is O=C=Nc1cccc2c1Cc1cccc(N=C=O)c1-2. The molecule has 1 aliphatic rings. The third-order valence-electron chi connectivity index (χ3n) is 3.25. The predicted octanol–water partition coefficient (Wildman–Crippen LogP) is 3.19. The summed E-state index contributed by atoms with van der Waals surface area (Å²) < 4.78 is 0. The number of carbonyl (C=O) groups excluding carboxylic acids is 2. The number of aliphatic imine (C=N–C) groups is 2. The van der Waals surface area contributed by atoms with Crippen molar-refractivity contribution in [2.75, 3.05) is 0 Å². The van der Waals surface area contributed by atoms with Crippen LogP contribution in [0.1, 0.15) is 11.1 Å². The lowest BCUT2D eigenvalue weighted by atomic mass is 10.0. The molecule has 0 amide bonds. The fourth-order valence-electron chi connectivity index (χ4n) is 2.53. The van der Waals surface area contributed by atoms with Crippen LogP contribution in [0.15, 0.2) is 46.4 Å². The van der Waals surface area contributed by atoms with Gasteiger partial charge in [0.15, 0.2) is 0 Å². The summed E-state index contributed by atoms with van der Waals surface area (Å²) >= 11 is 0. The van der Waals surface area contributed by atoms with Crippen LogP contribution in [0, 0.1) is 0 Å². The maximum atomic E-state index is 10.5. The summed E-state index contributed by atoms with van der Waals surface area (Å²) in [5.41, 5.74) is 5.13. The molecule has 1 aliphatic carbocycles. The summed E-state index contributed by atoms with van der Waals surface area (Å²) in [5, 5.41) is 0. The first-order chi connectivity index (χ1) is 9.35. The Morgan fingerprint density at radius 3 is 2.37 bits per heavy atom. The second kappa shape index (κ2) is 4.46. The summed E-state index contributed by atoms with van der Waals surface area (Å²) in [7, 11) is 0. The third-order valence-corrected chi connectivity index (χ3v) is 3.25.